The molecular weight excluding hydrogens is 260 g/mol. The van der Waals surface area contributed by atoms with Crippen LogP contribution in [0.3, 0.4) is 0 Å². The van der Waals surface area contributed by atoms with Gasteiger partial charge in [0, 0.05) is 18.5 Å². The number of carbonyl (C=O) groups excluding carboxylic acids is 1. The van der Waals surface area contributed by atoms with Gasteiger partial charge in [0.25, 0.3) is 0 Å². The Morgan fingerprint density at radius 3 is 2.79 bits per heavy atom. The van der Waals surface area contributed by atoms with Crippen LogP contribution in [-0.4, -0.2) is 24.5 Å². The summed E-state index contributed by atoms with van der Waals surface area (Å²) in [6.45, 7) is 3.33. The van der Waals surface area contributed by atoms with Crippen molar-refractivity contribution in [1.82, 2.24) is 10.6 Å². The Morgan fingerprint density at radius 1 is 1.26 bits per heavy atom. The molecule has 2 fully saturated rings. The molecule has 3 atom stereocenters. The van der Waals surface area contributed by atoms with E-state index in [4.69, 9.17) is 0 Å². The highest BCUT2D eigenvalue weighted by atomic mass is 35.5. The van der Waals surface area contributed by atoms with Gasteiger partial charge < -0.3 is 10.6 Å². The largest absolute Gasteiger partial charge is 0.353 e. The zero-order valence-electron chi connectivity index (χ0n) is 12.1. The summed E-state index contributed by atoms with van der Waals surface area (Å²) in [5.74, 6) is 1.01. The molecule has 112 valence electrons. The normalized spacial score (nSPS) is 30.1. The monoisotopic (exact) mass is 288 g/mol. The lowest BCUT2D eigenvalue weighted by Gasteiger charge is -2.21. The first-order chi connectivity index (χ1) is 8.79. The number of hydrogen-bond acceptors (Lipinski definition) is 2. The van der Waals surface area contributed by atoms with Gasteiger partial charge >= 0.3 is 0 Å². The van der Waals surface area contributed by atoms with Crippen LogP contribution in [0, 0.1) is 5.92 Å². The van der Waals surface area contributed by atoms with Gasteiger partial charge in [-0.2, -0.15) is 0 Å². The van der Waals surface area contributed by atoms with Gasteiger partial charge in [0.2, 0.25) is 5.91 Å². The number of hydrogen-bond donors (Lipinski definition) is 2. The summed E-state index contributed by atoms with van der Waals surface area (Å²) in [5.41, 5.74) is 0. The lowest BCUT2D eigenvalue weighted by molar-refractivity contribution is -0.122. The summed E-state index contributed by atoms with van der Waals surface area (Å²) in [6.07, 6.45) is 10.7. The van der Waals surface area contributed by atoms with Crippen molar-refractivity contribution < 1.29 is 4.79 Å². The van der Waals surface area contributed by atoms with Crippen LogP contribution in [0.1, 0.15) is 64.7 Å². The smallest absolute Gasteiger partial charge is 0.221 e. The summed E-state index contributed by atoms with van der Waals surface area (Å²) in [6, 6.07) is 0.894. The topological polar surface area (TPSA) is 41.1 Å². The van der Waals surface area contributed by atoms with Crippen molar-refractivity contribution in [1.29, 1.82) is 0 Å². The molecule has 0 aromatic carbocycles. The molecule has 2 aliphatic rings. The maximum absolute atomic E-state index is 12.0. The third-order valence-corrected chi connectivity index (χ3v) is 4.53. The molecule has 1 heterocycles. The van der Waals surface area contributed by atoms with E-state index >= 15 is 0 Å². The Bertz CT molecular complexity index is 267. The maximum Gasteiger partial charge on any atom is 0.221 e. The van der Waals surface area contributed by atoms with E-state index in [1.54, 1.807) is 0 Å². The van der Waals surface area contributed by atoms with Crippen molar-refractivity contribution in [2.75, 3.05) is 6.54 Å². The highest BCUT2D eigenvalue weighted by Gasteiger charge is 2.28. The standard InChI is InChI=1S/C15H28N2O.ClH/c1-2-3-6-12-7-4-9-14(12)17-15(18)11-13-8-5-10-16-13;/h12-14,16H,2-11H2,1H3,(H,17,18);1H. The van der Waals surface area contributed by atoms with Gasteiger partial charge in [-0.25, -0.2) is 0 Å². The van der Waals surface area contributed by atoms with Gasteiger partial charge in [-0.05, 0) is 44.6 Å². The Hall–Kier alpha value is -0.280. The number of halogens is 1. The number of amides is 1. The van der Waals surface area contributed by atoms with Crippen molar-refractivity contribution in [2.24, 2.45) is 5.92 Å². The molecule has 3 nitrogen and oxygen atoms in total. The Kier molecular flexibility index (Phi) is 7.77. The molecule has 1 saturated heterocycles. The molecule has 1 aliphatic carbocycles. The summed E-state index contributed by atoms with van der Waals surface area (Å²) < 4.78 is 0. The fourth-order valence-corrected chi connectivity index (χ4v) is 3.46. The van der Waals surface area contributed by atoms with Gasteiger partial charge in [-0.3, -0.25) is 4.79 Å². The minimum atomic E-state index is 0. The van der Waals surface area contributed by atoms with E-state index in [9.17, 15) is 4.79 Å². The Morgan fingerprint density at radius 2 is 2.11 bits per heavy atom. The van der Waals surface area contributed by atoms with Crippen LogP contribution < -0.4 is 10.6 Å². The summed E-state index contributed by atoms with van der Waals surface area (Å²) in [4.78, 5) is 12.0. The second-order valence-corrected chi connectivity index (χ2v) is 6.00. The quantitative estimate of drug-likeness (QED) is 0.789. The molecule has 1 saturated carbocycles. The predicted octanol–water partition coefficient (Wildman–Crippen LogP) is 3.03. The predicted molar refractivity (Wildman–Crippen MR) is 81.7 cm³/mol. The third-order valence-electron chi connectivity index (χ3n) is 4.53. The number of nitrogens with one attached hydrogen (secondary N) is 2. The van der Waals surface area contributed by atoms with E-state index in [-0.39, 0.29) is 18.3 Å². The first kappa shape index (κ1) is 16.8. The summed E-state index contributed by atoms with van der Waals surface area (Å²) in [5, 5.41) is 6.68. The number of unbranched alkanes of at least 4 members (excludes halogenated alkanes) is 1. The molecule has 0 bridgehead atoms. The number of carbonyl (C=O) groups is 1. The van der Waals surface area contributed by atoms with Gasteiger partial charge in [0.15, 0.2) is 0 Å². The van der Waals surface area contributed by atoms with Crippen LogP contribution in [0.25, 0.3) is 0 Å². The van der Waals surface area contributed by atoms with E-state index in [0.717, 1.165) is 18.9 Å². The van der Waals surface area contributed by atoms with Crippen molar-refractivity contribution in [2.45, 2.75) is 76.8 Å². The lowest BCUT2D eigenvalue weighted by atomic mass is 9.96. The fraction of sp³-hybridized carbons (Fsp3) is 0.933. The average Bonchev–Trinajstić information content (AvgIpc) is 2.98. The minimum absolute atomic E-state index is 0. The second-order valence-electron chi connectivity index (χ2n) is 6.00. The minimum Gasteiger partial charge on any atom is -0.353 e. The first-order valence-corrected chi connectivity index (χ1v) is 7.82. The highest BCUT2D eigenvalue weighted by molar-refractivity contribution is 5.85. The van der Waals surface area contributed by atoms with Gasteiger partial charge in [0.05, 0.1) is 0 Å². The SMILES string of the molecule is CCCCC1CCCC1NC(=O)CC1CCCN1.Cl. The summed E-state index contributed by atoms with van der Waals surface area (Å²) in [7, 11) is 0. The van der Waals surface area contributed by atoms with E-state index in [1.807, 2.05) is 0 Å². The van der Waals surface area contributed by atoms with Crippen LogP contribution in [0.2, 0.25) is 0 Å². The van der Waals surface area contributed by atoms with Crippen molar-refractivity contribution in [3.8, 4) is 0 Å². The van der Waals surface area contributed by atoms with Crippen LogP contribution in [0.4, 0.5) is 0 Å². The Labute approximate surface area is 123 Å². The molecule has 1 aliphatic heterocycles. The average molecular weight is 289 g/mol. The van der Waals surface area contributed by atoms with Crippen LogP contribution in [0.15, 0.2) is 0 Å². The highest BCUT2D eigenvalue weighted by Crippen LogP contribution is 2.30. The molecular formula is C15H29ClN2O. The number of rotatable bonds is 6. The molecule has 4 heteroatoms. The maximum atomic E-state index is 12.0. The van der Waals surface area contributed by atoms with E-state index in [1.165, 1.54) is 44.9 Å². The summed E-state index contributed by atoms with van der Waals surface area (Å²) >= 11 is 0. The molecule has 2 rings (SSSR count). The second kappa shape index (κ2) is 8.80. The van der Waals surface area contributed by atoms with E-state index in [2.05, 4.69) is 17.6 Å². The van der Waals surface area contributed by atoms with Gasteiger partial charge in [-0.1, -0.05) is 26.2 Å². The van der Waals surface area contributed by atoms with Gasteiger partial charge in [0.1, 0.15) is 0 Å². The molecule has 0 aromatic rings. The zero-order chi connectivity index (χ0) is 12.8. The van der Waals surface area contributed by atoms with Crippen LogP contribution in [-0.2, 0) is 4.79 Å². The molecule has 1 amide bonds. The Balaban J connectivity index is 0.00000180. The van der Waals surface area contributed by atoms with E-state index in [0.29, 0.717) is 18.5 Å². The fourth-order valence-electron chi connectivity index (χ4n) is 3.46. The molecule has 0 aromatic heterocycles. The molecule has 2 N–H and O–H groups in total. The van der Waals surface area contributed by atoms with Crippen molar-refractivity contribution in [3.05, 3.63) is 0 Å². The third kappa shape index (κ3) is 5.31. The van der Waals surface area contributed by atoms with E-state index < -0.39 is 0 Å². The molecule has 19 heavy (non-hydrogen) atoms. The zero-order valence-corrected chi connectivity index (χ0v) is 12.9. The first-order valence-electron chi connectivity index (χ1n) is 7.82. The molecule has 0 radical (unpaired) electrons. The van der Waals surface area contributed by atoms with Crippen molar-refractivity contribution >= 4 is 18.3 Å². The van der Waals surface area contributed by atoms with Crippen LogP contribution in [0.5, 0.6) is 0 Å². The molecule has 3 unspecified atom stereocenters. The molecule has 0 spiro atoms. The van der Waals surface area contributed by atoms with Gasteiger partial charge in [-0.15, -0.1) is 12.4 Å². The lowest BCUT2D eigenvalue weighted by Crippen LogP contribution is -2.40. The van der Waals surface area contributed by atoms with Crippen molar-refractivity contribution in [3.63, 3.8) is 0 Å². The van der Waals surface area contributed by atoms with Crippen LogP contribution >= 0.6 is 12.4 Å².